The third kappa shape index (κ3) is 15.1. The van der Waals surface area contributed by atoms with Gasteiger partial charge in [0, 0.05) is 86.1 Å². The third-order valence-corrected chi connectivity index (χ3v) is 9.51. The average molecular weight is 964 g/mol. The van der Waals surface area contributed by atoms with Crippen molar-refractivity contribution in [3.8, 4) is 17.2 Å². The molecule has 2 unspecified atom stereocenters. The summed E-state index contributed by atoms with van der Waals surface area (Å²) in [5.74, 6) is -10.1. The van der Waals surface area contributed by atoms with Crippen molar-refractivity contribution < 1.29 is 110 Å². The van der Waals surface area contributed by atoms with Crippen LogP contribution in [0.5, 0.6) is 17.2 Å². The summed E-state index contributed by atoms with van der Waals surface area (Å²) in [5, 5.41) is 22.9. The van der Waals surface area contributed by atoms with Crippen LogP contribution >= 0.6 is 0 Å². The summed E-state index contributed by atoms with van der Waals surface area (Å²) in [5.41, 5.74) is -0.326. The zero-order valence-corrected chi connectivity index (χ0v) is 37.9. The van der Waals surface area contributed by atoms with Gasteiger partial charge in [-0.3, -0.25) is 53.3 Å². The molecule has 2 aliphatic rings. The molecule has 370 valence electrons. The Morgan fingerprint density at radius 3 is 1.35 bits per heavy atom. The standard InChI is InChI=1S/C43H49NO24/c1-19(45)57-17-33-36(59-21(3)47)38(61-23(5)49)40(63-25(7)51)42(67-33)65-29-15-31(54)35(30(53)14-11-27-9-12-28(13-10-27)44(55)56)32(16-29)66-43-41(64-26(8)52)39(62-24(6)50)37(60-22(4)48)34(68-43)18-58-20(2)46/h9-10,12-13,15-16,33-34,36-43,54H,11,14,17-18H2,1-8H3/t33?,34?,36-,37-,38+,39+,40-,41-,42+,43+/m1/s1. The molecule has 0 amide bonds. The molecular weight excluding hydrogens is 914 g/mol. The van der Waals surface area contributed by atoms with Crippen LogP contribution in [-0.2, 0) is 92.1 Å². The van der Waals surface area contributed by atoms with Gasteiger partial charge in [-0.15, -0.1) is 0 Å². The van der Waals surface area contributed by atoms with Crippen LogP contribution in [0.2, 0.25) is 0 Å². The molecule has 2 heterocycles. The van der Waals surface area contributed by atoms with Crippen LogP contribution in [0.4, 0.5) is 5.69 Å². The van der Waals surface area contributed by atoms with Crippen LogP contribution in [0.15, 0.2) is 36.4 Å². The van der Waals surface area contributed by atoms with Gasteiger partial charge in [0.05, 0.1) is 4.92 Å². The number of carbonyl (C=O) groups excluding carboxylic acids is 9. The lowest BCUT2D eigenvalue weighted by Crippen LogP contribution is -2.63. The van der Waals surface area contributed by atoms with Crippen LogP contribution in [0, 0.1) is 10.1 Å². The van der Waals surface area contributed by atoms with E-state index in [0.29, 0.717) is 5.56 Å². The van der Waals surface area contributed by atoms with Crippen molar-refractivity contribution in [2.75, 3.05) is 13.2 Å². The number of ketones is 1. The molecule has 1 N–H and O–H groups in total. The van der Waals surface area contributed by atoms with E-state index in [1.165, 1.54) is 24.3 Å². The number of carbonyl (C=O) groups is 9. The van der Waals surface area contributed by atoms with Gasteiger partial charge >= 0.3 is 47.8 Å². The molecule has 25 nitrogen and oxygen atoms in total. The van der Waals surface area contributed by atoms with Gasteiger partial charge in [-0.05, 0) is 12.0 Å². The number of benzene rings is 2. The fraction of sp³-hybridized carbons (Fsp3) is 0.512. The highest BCUT2D eigenvalue weighted by Crippen LogP contribution is 2.40. The number of nitro benzene ring substituents is 1. The minimum Gasteiger partial charge on any atom is -0.507 e. The summed E-state index contributed by atoms with van der Waals surface area (Å²) in [6.07, 6.45) is -17.5. The van der Waals surface area contributed by atoms with Gasteiger partial charge in [0.15, 0.2) is 30.2 Å². The summed E-state index contributed by atoms with van der Waals surface area (Å²) >= 11 is 0. The van der Waals surface area contributed by atoms with Crippen LogP contribution < -0.4 is 9.47 Å². The van der Waals surface area contributed by atoms with Crippen LogP contribution in [0.1, 0.15) is 77.7 Å². The number of rotatable bonds is 19. The molecule has 0 aliphatic carbocycles. The van der Waals surface area contributed by atoms with E-state index in [-0.39, 0.29) is 18.5 Å². The number of phenolic OH excluding ortho intramolecular Hbond substituents is 1. The average Bonchev–Trinajstić information content (AvgIpc) is 3.22. The Kier molecular flexibility index (Phi) is 18.7. The largest absolute Gasteiger partial charge is 0.507 e. The van der Waals surface area contributed by atoms with Gasteiger partial charge in [0.1, 0.15) is 48.2 Å². The highest BCUT2D eigenvalue weighted by molar-refractivity contribution is 6.01. The first kappa shape index (κ1) is 53.2. The normalized spacial score (nSPS) is 24.1. The SMILES string of the molecule is CC(=O)OCC1O[C@H](Oc2cc(O)c(C(=O)CCc3ccc([N+](=O)[O-])cc3)c(O[C@H]3OC(COC(C)=O)[C@@H](OC(C)=O)[C@H](OC(C)=O)[C@H]3OC(C)=O)c2)[C@H](OC(C)=O)[C@@H](OC(C)=O)[C@@H]1OC(C)=O. The predicted molar refractivity (Wildman–Crippen MR) is 219 cm³/mol. The zero-order chi connectivity index (χ0) is 50.6. The number of aromatic hydroxyl groups is 1. The van der Waals surface area contributed by atoms with Gasteiger partial charge in [-0.2, -0.15) is 0 Å². The molecule has 10 atom stereocenters. The smallest absolute Gasteiger partial charge is 0.303 e. The number of esters is 8. The number of phenols is 1. The van der Waals surface area contributed by atoms with Crippen LogP contribution in [-0.4, -0.2) is 138 Å². The summed E-state index contributed by atoms with van der Waals surface area (Å²) in [7, 11) is 0. The molecule has 0 spiro atoms. The number of hydrogen-bond acceptors (Lipinski definition) is 24. The molecule has 25 heteroatoms. The van der Waals surface area contributed by atoms with Gasteiger partial charge in [-0.25, -0.2) is 0 Å². The maximum Gasteiger partial charge on any atom is 0.303 e. The molecule has 2 aromatic rings. The summed E-state index contributed by atoms with van der Waals surface area (Å²) in [6, 6.07) is 7.14. The Morgan fingerprint density at radius 1 is 0.559 bits per heavy atom. The van der Waals surface area contributed by atoms with E-state index in [4.69, 9.17) is 56.8 Å². The molecule has 0 aromatic heterocycles. The fourth-order valence-electron chi connectivity index (χ4n) is 7.01. The van der Waals surface area contributed by atoms with Gasteiger partial charge in [-0.1, -0.05) is 12.1 Å². The van der Waals surface area contributed by atoms with Crippen molar-refractivity contribution in [2.24, 2.45) is 0 Å². The highest BCUT2D eigenvalue weighted by atomic mass is 16.8. The minimum absolute atomic E-state index is 0.0439. The summed E-state index contributed by atoms with van der Waals surface area (Å²) < 4.78 is 67.4. The summed E-state index contributed by atoms with van der Waals surface area (Å²) in [4.78, 5) is 123. The predicted octanol–water partition coefficient (Wildman–Crippen LogP) is 2.04. The highest BCUT2D eigenvalue weighted by Gasteiger charge is 2.55. The molecule has 4 rings (SSSR count). The quantitative estimate of drug-likeness (QED) is 0.0692. The first-order chi connectivity index (χ1) is 31.9. The van der Waals surface area contributed by atoms with Gasteiger partial charge in [0.2, 0.25) is 24.8 Å². The topological polar surface area (TPSA) is 328 Å². The number of nitro groups is 1. The molecule has 2 aromatic carbocycles. The van der Waals surface area contributed by atoms with Crippen molar-refractivity contribution >= 4 is 59.2 Å². The fourth-order valence-corrected chi connectivity index (χ4v) is 7.01. The number of non-ortho nitro benzene ring substituents is 1. The molecule has 2 aliphatic heterocycles. The van der Waals surface area contributed by atoms with E-state index in [1.807, 2.05) is 0 Å². The Morgan fingerprint density at radius 2 is 0.956 bits per heavy atom. The molecule has 2 fully saturated rings. The monoisotopic (exact) mass is 963 g/mol. The van der Waals surface area contributed by atoms with Crippen molar-refractivity contribution in [1.82, 2.24) is 0 Å². The first-order valence-corrected chi connectivity index (χ1v) is 20.5. The second-order valence-electron chi connectivity index (χ2n) is 15.0. The van der Waals surface area contributed by atoms with Crippen molar-refractivity contribution in [2.45, 2.75) is 130 Å². The number of Topliss-reactive ketones (excluding diaryl/α,β-unsaturated/α-hetero) is 1. The maximum atomic E-state index is 14.2. The molecule has 0 saturated carbocycles. The second kappa shape index (κ2) is 23.9. The van der Waals surface area contributed by atoms with E-state index in [0.717, 1.165) is 67.5 Å². The molecular formula is C43H49NO24. The van der Waals surface area contributed by atoms with Crippen LogP contribution in [0.3, 0.4) is 0 Å². The number of ether oxygens (including phenoxy) is 12. The number of aryl methyl sites for hydroxylation is 1. The lowest BCUT2D eigenvalue weighted by atomic mass is 9.97. The van der Waals surface area contributed by atoms with E-state index < -0.39 is 156 Å². The molecule has 2 saturated heterocycles. The van der Waals surface area contributed by atoms with Crippen molar-refractivity contribution in [1.29, 1.82) is 0 Å². The van der Waals surface area contributed by atoms with E-state index in [1.54, 1.807) is 0 Å². The number of hydrogen-bond donors (Lipinski definition) is 1. The molecule has 0 bridgehead atoms. The summed E-state index contributed by atoms with van der Waals surface area (Å²) in [6.45, 7) is 6.76. The molecule has 0 radical (unpaired) electrons. The van der Waals surface area contributed by atoms with E-state index >= 15 is 0 Å². The van der Waals surface area contributed by atoms with E-state index in [2.05, 4.69) is 0 Å². The Bertz CT molecular complexity index is 2240. The van der Waals surface area contributed by atoms with E-state index in [9.17, 15) is 58.4 Å². The van der Waals surface area contributed by atoms with Crippen molar-refractivity contribution in [3.63, 3.8) is 0 Å². The minimum atomic E-state index is -1.97. The Labute approximate surface area is 386 Å². The van der Waals surface area contributed by atoms with Gasteiger partial charge < -0.3 is 61.9 Å². The first-order valence-electron chi connectivity index (χ1n) is 20.5. The zero-order valence-electron chi connectivity index (χ0n) is 37.9. The Balaban J connectivity index is 1.90. The maximum absolute atomic E-state index is 14.2. The van der Waals surface area contributed by atoms with Gasteiger partial charge in [0.25, 0.3) is 5.69 Å². The number of nitrogens with zero attached hydrogens (tertiary/aromatic N) is 1. The third-order valence-electron chi connectivity index (χ3n) is 9.51. The lowest BCUT2D eigenvalue weighted by Gasteiger charge is -2.44. The lowest BCUT2D eigenvalue weighted by molar-refractivity contribution is -0.384. The molecule has 68 heavy (non-hydrogen) atoms. The van der Waals surface area contributed by atoms with Crippen molar-refractivity contribution in [3.05, 3.63) is 57.6 Å². The second-order valence-corrected chi connectivity index (χ2v) is 15.0. The Hall–Kier alpha value is -7.41. The van der Waals surface area contributed by atoms with Crippen LogP contribution in [0.25, 0.3) is 0 Å².